The zero-order valence-electron chi connectivity index (χ0n) is 11.2. The van der Waals surface area contributed by atoms with Gasteiger partial charge in [0.05, 0.1) is 12.4 Å². The summed E-state index contributed by atoms with van der Waals surface area (Å²) >= 11 is 0. The van der Waals surface area contributed by atoms with Crippen molar-refractivity contribution in [3.8, 4) is 0 Å². The predicted molar refractivity (Wildman–Crippen MR) is 70.5 cm³/mol. The van der Waals surface area contributed by atoms with Gasteiger partial charge in [-0.2, -0.15) is 0 Å². The topological polar surface area (TPSA) is 58.1 Å². The van der Waals surface area contributed by atoms with Gasteiger partial charge in [0.2, 0.25) is 0 Å². The van der Waals surface area contributed by atoms with Crippen LogP contribution in [0.3, 0.4) is 0 Å². The first kappa shape index (κ1) is 12.8. The molecule has 1 saturated heterocycles. The lowest BCUT2D eigenvalue weighted by Crippen LogP contribution is -2.47. The molecule has 0 aliphatic carbocycles. The number of hydrogen-bond donors (Lipinski definition) is 1. The molecule has 1 aliphatic rings. The van der Waals surface area contributed by atoms with E-state index in [9.17, 15) is 4.79 Å². The second-order valence-electron chi connectivity index (χ2n) is 4.88. The third-order valence-electron chi connectivity index (χ3n) is 3.56. The van der Waals surface area contributed by atoms with Crippen LogP contribution in [0.1, 0.15) is 43.6 Å². The van der Waals surface area contributed by atoms with Crippen LogP contribution in [0, 0.1) is 0 Å². The number of aromatic nitrogens is 2. The molecule has 5 heteroatoms. The molecule has 1 amide bonds. The van der Waals surface area contributed by atoms with Crippen molar-refractivity contribution < 1.29 is 4.79 Å². The van der Waals surface area contributed by atoms with Crippen molar-refractivity contribution in [1.82, 2.24) is 14.9 Å². The van der Waals surface area contributed by atoms with Crippen LogP contribution in [0.4, 0.5) is 5.82 Å². The van der Waals surface area contributed by atoms with Gasteiger partial charge in [0.1, 0.15) is 11.5 Å². The predicted octanol–water partition coefficient (Wildman–Crippen LogP) is 1.92. The Morgan fingerprint density at radius 1 is 1.28 bits per heavy atom. The number of likely N-dealkylation sites (tertiary alicyclic amines) is 1. The van der Waals surface area contributed by atoms with Crippen LogP contribution in [-0.4, -0.2) is 39.9 Å². The maximum atomic E-state index is 12.4. The Bertz CT molecular complexity index is 408. The van der Waals surface area contributed by atoms with Gasteiger partial charge in [-0.15, -0.1) is 0 Å². The molecular weight excluding hydrogens is 228 g/mol. The van der Waals surface area contributed by atoms with Crippen molar-refractivity contribution in [2.75, 3.05) is 12.4 Å². The number of nitrogens with zero attached hydrogens (tertiary/aromatic N) is 3. The summed E-state index contributed by atoms with van der Waals surface area (Å²) in [5.41, 5.74) is 0.426. The van der Waals surface area contributed by atoms with Gasteiger partial charge in [0, 0.05) is 19.1 Å². The highest BCUT2D eigenvalue weighted by Gasteiger charge is 2.30. The Morgan fingerprint density at radius 3 is 2.44 bits per heavy atom. The van der Waals surface area contributed by atoms with Gasteiger partial charge in [0.15, 0.2) is 0 Å². The smallest absolute Gasteiger partial charge is 0.274 e. The first-order chi connectivity index (χ1) is 8.63. The molecule has 0 aromatic carbocycles. The number of nitrogens with one attached hydrogen (secondary N) is 1. The minimum Gasteiger partial charge on any atom is -0.372 e. The SMILES string of the molecule is CNc1cnc(C(=O)N2[C@H](C)CCC[C@@H]2C)cn1. The van der Waals surface area contributed by atoms with Crippen LogP contribution >= 0.6 is 0 Å². The summed E-state index contributed by atoms with van der Waals surface area (Å²) in [5, 5.41) is 2.89. The molecule has 1 aromatic rings. The van der Waals surface area contributed by atoms with Crippen molar-refractivity contribution in [2.24, 2.45) is 0 Å². The molecule has 1 aliphatic heterocycles. The quantitative estimate of drug-likeness (QED) is 0.868. The average molecular weight is 248 g/mol. The molecule has 2 heterocycles. The van der Waals surface area contributed by atoms with Gasteiger partial charge in [-0.3, -0.25) is 4.79 Å². The summed E-state index contributed by atoms with van der Waals surface area (Å²) in [7, 11) is 1.78. The van der Waals surface area contributed by atoms with E-state index in [0.29, 0.717) is 11.5 Å². The fourth-order valence-corrected chi connectivity index (χ4v) is 2.52. The Kier molecular flexibility index (Phi) is 3.79. The van der Waals surface area contributed by atoms with Crippen LogP contribution in [0.25, 0.3) is 0 Å². The molecular formula is C13H20N4O. The summed E-state index contributed by atoms with van der Waals surface area (Å²) in [4.78, 5) is 22.7. The Labute approximate surface area is 108 Å². The monoisotopic (exact) mass is 248 g/mol. The lowest BCUT2D eigenvalue weighted by atomic mass is 9.97. The maximum Gasteiger partial charge on any atom is 0.274 e. The number of anilines is 1. The second-order valence-corrected chi connectivity index (χ2v) is 4.88. The second kappa shape index (κ2) is 5.33. The fourth-order valence-electron chi connectivity index (χ4n) is 2.52. The standard InChI is InChI=1S/C13H20N4O/c1-9-5-4-6-10(2)17(9)13(18)11-7-16-12(14-3)8-15-11/h7-10H,4-6H2,1-3H3,(H,14,16)/t9-,10+. The number of rotatable bonds is 2. The molecule has 98 valence electrons. The van der Waals surface area contributed by atoms with Gasteiger partial charge in [-0.1, -0.05) is 0 Å². The molecule has 1 fully saturated rings. The molecule has 0 saturated carbocycles. The van der Waals surface area contributed by atoms with E-state index >= 15 is 0 Å². The van der Waals surface area contributed by atoms with Crippen LogP contribution in [0.5, 0.6) is 0 Å². The first-order valence-electron chi connectivity index (χ1n) is 6.46. The van der Waals surface area contributed by atoms with Gasteiger partial charge in [0.25, 0.3) is 5.91 Å². The summed E-state index contributed by atoms with van der Waals surface area (Å²) in [6.07, 6.45) is 6.46. The highest BCUT2D eigenvalue weighted by Crippen LogP contribution is 2.24. The number of amides is 1. The number of piperidine rings is 1. The normalized spacial score (nSPS) is 23.8. The van der Waals surface area contributed by atoms with E-state index in [0.717, 1.165) is 12.8 Å². The highest BCUT2D eigenvalue weighted by molar-refractivity contribution is 5.92. The van der Waals surface area contributed by atoms with Crippen LogP contribution < -0.4 is 5.32 Å². The lowest BCUT2D eigenvalue weighted by Gasteiger charge is -2.38. The molecule has 2 rings (SSSR count). The molecule has 2 atom stereocenters. The van der Waals surface area contributed by atoms with Crippen molar-refractivity contribution >= 4 is 11.7 Å². The number of carbonyl (C=O) groups is 1. The third-order valence-corrected chi connectivity index (χ3v) is 3.56. The van der Waals surface area contributed by atoms with E-state index in [1.165, 1.54) is 6.42 Å². The molecule has 0 radical (unpaired) electrons. The first-order valence-corrected chi connectivity index (χ1v) is 6.46. The minimum atomic E-state index is -0.00940. The van der Waals surface area contributed by atoms with Crippen molar-refractivity contribution in [2.45, 2.75) is 45.2 Å². The maximum absolute atomic E-state index is 12.4. The van der Waals surface area contributed by atoms with Crippen LogP contribution in [0.2, 0.25) is 0 Å². The van der Waals surface area contributed by atoms with Crippen molar-refractivity contribution in [3.63, 3.8) is 0 Å². The summed E-state index contributed by atoms with van der Waals surface area (Å²) in [6.45, 7) is 4.20. The molecule has 1 aromatic heterocycles. The van der Waals surface area contributed by atoms with E-state index in [1.807, 2.05) is 4.90 Å². The summed E-state index contributed by atoms with van der Waals surface area (Å²) < 4.78 is 0. The minimum absolute atomic E-state index is 0.00940. The van der Waals surface area contributed by atoms with E-state index in [1.54, 1.807) is 19.4 Å². The van der Waals surface area contributed by atoms with Crippen molar-refractivity contribution in [3.05, 3.63) is 18.1 Å². The molecule has 0 bridgehead atoms. The van der Waals surface area contributed by atoms with Gasteiger partial charge < -0.3 is 10.2 Å². The summed E-state index contributed by atoms with van der Waals surface area (Å²) in [6, 6.07) is 0.569. The van der Waals surface area contributed by atoms with E-state index in [2.05, 4.69) is 29.1 Å². The number of carbonyl (C=O) groups excluding carboxylic acids is 1. The van der Waals surface area contributed by atoms with Gasteiger partial charge >= 0.3 is 0 Å². The Balaban J connectivity index is 2.18. The Hall–Kier alpha value is -1.65. The molecule has 0 unspecified atom stereocenters. The Morgan fingerprint density at radius 2 is 1.94 bits per heavy atom. The third kappa shape index (κ3) is 2.44. The van der Waals surface area contributed by atoms with E-state index in [-0.39, 0.29) is 18.0 Å². The van der Waals surface area contributed by atoms with Gasteiger partial charge in [-0.25, -0.2) is 9.97 Å². The van der Waals surface area contributed by atoms with Crippen molar-refractivity contribution in [1.29, 1.82) is 0 Å². The van der Waals surface area contributed by atoms with E-state index < -0.39 is 0 Å². The van der Waals surface area contributed by atoms with Crippen LogP contribution in [0.15, 0.2) is 12.4 Å². The molecule has 0 spiro atoms. The fraction of sp³-hybridized carbons (Fsp3) is 0.615. The highest BCUT2D eigenvalue weighted by atomic mass is 16.2. The van der Waals surface area contributed by atoms with Crippen LogP contribution in [-0.2, 0) is 0 Å². The van der Waals surface area contributed by atoms with Gasteiger partial charge in [-0.05, 0) is 33.1 Å². The zero-order chi connectivity index (χ0) is 13.1. The summed E-state index contributed by atoms with van der Waals surface area (Å²) in [5.74, 6) is 0.663. The molecule has 5 nitrogen and oxygen atoms in total. The zero-order valence-corrected chi connectivity index (χ0v) is 11.2. The molecule has 18 heavy (non-hydrogen) atoms. The largest absolute Gasteiger partial charge is 0.372 e. The number of hydrogen-bond acceptors (Lipinski definition) is 4. The average Bonchev–Trinajstić information content (AvgIpc) is 2.38. The van der Waals surface area contributed by atoms with E-state index in [4.69, 9.17) is 0 Å². The lowest BCUT2D eigenvalue weighted by molar-refractivity contribution is 0.0504. The molecule has 1 N–H and O–H groups in total.